The summed E-state index contributed by atoms with van der Waals surface area (Å²) in [5.74, 6) is 1.70. The SMILES string of the molecule is COc1ccc(-c2cn(-c3ccc(OC)cc3)c(NC(=O)CN(CCN(C)C)C(=O)c3cccc(OC)c3)n2)cc1. The van der Waals surface area contributed by atoms with Gasteiger partial charge in [0.1, 0.15) is 23.8 Å². The predicted octanol–water partition coefficient (Wildman–Crippen LogP) is 4.21. The van der Waals surface area contributed by atoms with Crippen LogP contribution >= 0.6 is 0 Å². The van der Waals surface area contributed by atoms with Gasteiger partial charge < -0.3 is 24.0 Å². The molecule has 3 aromatic carbocycles. The molecular formula is C31H35N5O5. The molecular weight excluding hydrogens is 522 g/mol. The van der Waals surface area contributed by atoms with E-state index in [4.69, 9.17) is 19.2 Å². The van der Waals surface area contributed by atoms with E-state index in [1.54, 1.807) is 50.2 Å². The predicted molar refractivity (Wildman–Crippen MR) is 158 cm³/mol. The average molecular weight is 558 g/mol. The van der Waals surface area contributed by atoms with E-state index in [1.165, 1.54) is 4.90 Å². The maximum Gasteiger partial charge on any atom is 0.254 e. The van der Waals surface area contributed by atoms with Crippen molar-refractivity contribution in [3.05, 3.63) is 84.6 Å². The number of benzene rings is 3. The van der Waals surface area contributed by atoms with E-state index in [0.717, 1.165) is 17.0 Å². The van der Waals surface area contributed by atoms with Crippen LogP contribution in [0.4, 0.5) is 5.95 Å². The van der Waals surface area contributed by atoms with Crippen LogP contribution in [0.1, 0.15) is 10.4 Å². The Bertz CT molecular complexity index is 1470. The van der Waals surface area contributed by atoms with Gasteiger partial charge in [-0.05, 0) is 80.8 Å². The lowest BCUT2D eigenvalue weighted by Crippen LogP contribution is -2.41. The summed E-state index contributed by atoms with van der Waals surface area (Å²) in [6, 6.07) is 21.8. The Morgan fingerprint density at radius 3 is 2.07 bits per heavy atom. The maximum absolute atomic E-state index is 13.4. The number of hydrogen-bond acceptors (Lipinski definition) is 7. The fraction of sp³-hybridized carbons (Fsp3) is 0.258. The normalized spacial score (nSPS) is 10.8. The number of ether oxygens (including phenoxy) is 3. The van der Waals surface area contributed by atoms with Crippen molar-refractivity contribution in [1.82, 2.24) is 19.4 Å². The Hall–Kier alpha value is -4.83. The largest absolute Gasteiger partial charge is 0.497 e. The number of amides is 2. The van der Waals surface area contributed by atoms with Crippen LogP contribution in [0.5, 0.6) is 17.2 Å². The fourth-order valence-electron chi connectivity index (χ4n) is 4.16. The quantitative estimate of drug-likeness (QED) is 0.279. The Morgan fingerprint density at radius 2 is 1.46 bits per heavy atom. The third-order valence-electron chi connectivity index (χ3n) is 6.45. The third-order valence-corrected chi connectivity index (χ3v) is 6.45. The van der Waals surface area contributed by atoms with E-state index in [-0.39, 0.29) is 18.4 Å². The number of methoxy groups -OCH3 is 3. The van der Waals surface area contributed by atoms with Crippen molar-refractivity contribution in [3.63, 3.8) is 0 Å². The summed E-state index contributed by atoms with van der Waals surface area (Å²) in [5.41, 5.74) is 2.74. The van der Waals surface area contributed by atoms with Gasteiger partial charge in [0.05, 0.1) is 27.0 Å². The summed E-state index contributed by atoms with van der Waals surface area (Å²) in [6.45, 7) is 0.794. The molecule has 0 aliphatic carbocycles. The zero-order valence-electron chi connectivity index (χ0n) is 24.0. The number of likely N-dealkylation sites (N-methyl/N-ethyl adjacent to an activating group) is 1. The molecule has 214 valence electrons. The first-order chi connectivity index (χ1) is 19.8. The van der Waals surface area contributed by atoms with Crippen LogP contribution in [-0.2, 0) is 4.79 Å². The van der Waals surface area contributed by atoms with Crippen LogP contribution in [0.25, 0.3) is 16.9 Å². The minimum absolute atomic E-state index is 0.156. The second-order valence-corrected chi connectivity index (χ2v) is 9.56. The molecule has 2 amide bonds. The number of anilines is 1. The molecule has 10 nitrogen and oxygen atoms in total. The molecule has 0 bridgehead atoms. The lowest BCUT2D eigenvalue weighted by molar-refractivity contribution is -0.117. The number of carbonyl (C=O) groups is 2. The molecule has 0 atom stereocenters. The first-order valence-corrected chi connectivity index (χ1v) is 13.1. The molecule has 1 heterocycles. The fourth-order valence-corrected chi connectivity index (χ4v) is 4.16. The van der Waals surface area contributed by atoms with Crippen LogP contribution < -0.4 is 19.5 Å². The number of hydrogen-bond donors (Lipinski definition) is 1. The molecule has 10 heteroatoms. The summed E-state index contributed by atoms with van der Waals surface area (Å²) in [4.78, 5) is 35.1. The van der Waals surface area contributed by atoms with E-state index in [0.29, 0.717) is 41.8 Å². The smallest absolute Gasteiger partial charge is 0.254 e. The van der Waals surface area contributed by atoms with E-state index >= 15 is 0 Å². The number of carbonyl (C=O) groups excluding carboxylic acids is 2. The van der Waals surface area contributed by atoms with E-state index in [1.807, 2.05) is 73.7 Å². The standard InChI is InChI=1S/C31H35N5O5/c1-34(2)17-18-35(30(38)23-7-6-8-27(19-23)41-5)21-29(37)33-31-32-28(22-9-13-25(39-3)14-10-22)20-36(31)24-11-15-26(40-4)16-12-24/h6-16,19-20H,17-18,21H2,1-5H3,(H,32,33,37). The van der Waals surface area contributed by atoms with Gasteiger partial charge in [-0.3, -0.25) is 19.5 Å². The summed E-state index contributed by atoms with van der Waals surface area (Å²) in [6.07, 6.45) is 1.85. The van der Waals surface area contributed by atoms with Gasteiger partial charge >= 0.3 is 0 Å². The summed E-state index contributed by atoms with van der Waals surface area (Å²) in [5, 5.41) is 2.92. The Morgan fingerprint density at radius 1 is 0.829 bits per heavy atom. The summed E-state index contributed by atoms with van der Waals surface area (Å²) in [7, 11) is 8.60. The highest BCUT2D eigenvalue weighted by Gasteiger charge is 2.21. The molecule has 0 aliphatic heterocycles. The van der Waals surface area contributed by atoms with Gasteiger partial charge in [0.15, 0.2) is 0 Å². The van der Waals surface area contributed by atoms with E-state index in [2.05, 4.69) is 5.32 Å². The number of nitrogens with zero attached hydrogens (tertiary/aromatic N) is 4. The second kappa shape index (κ2) is 13.5. The van der Waals surface area contributed by atoms with Gasteiger partial charge in [0.25, 0.3) is 5.91 Å². The van der Waals surface area contributed by atoms with Crippen LogP contribution in [0.2, 0.25) is 0 Å². The van der Waals surface area contributed by atoms with Crippen molar-refractivity contribution in [1.29, 1.82) is 0 Å². The van der Waals surface area contributed by atoms with Crippen molar-refractivity contribution < 1.29 is 23.8 Å². The Labute approximate surface area is 240 Å². The van der Waals surface area contributed by atoms with Crippen molar-refractivity contribution in [2.45, 2.75) is 0 Å². The maximum atomic E-state index is 13.4. The Balaban J connectivity index is 1.62. The van der Waals surface area contributed by atoms with Crippen LogP contribution in [0.3, 0.4) is 0 Å². The average Bonchev–Trinajstić information content (AvgIpc) is 3.42. The molecule has 0 saturated carbocycles. The van der Waals surface area contributed by atoms with E-state index < -0.39 is 0 Å². The van der Waals surface area contributed by atoms with Crippen LogP contribution in [-0.4, -0.2) is 86.2 Å². The molecule has 0 spiro atoms. The molecule has 0 aliphatic rings. The number of aromatic nitrogens is 2. The van der Waals surface area contributed by atoms with Gasteiger partial charge in [-0.15, -0.1) is 0 Å². The summed E-state index contributed by atoms with van der Waals surface area (Å²) >= 11 is 0. The minimum atomic E-state index is -0.373. The highest BCUT2D eigenvalue weighted by atomic mass is 16.5. The lowest BCUT2D eigenvalue weighted by atomic mass is 10.1. The molecule has 0 saturated heterocycles. The van der Waals surface area contributed by atoms with Gasteiger partial charge in [-0.1, -0.05) is 6.07 Å². The molecule has 0 radical (unpaired) electrons. The minimum Gasteiger partial charge on any atom is -0.497 e. The highest BCUT2D eigenvalue weighted by Crippen LogP contribution is 2.27. The molecule has 1 N–H and O–H groups in total. The Kier molecular flexibility index (Phi) is 9.60. The molecule has 1 aromatic heterocycles. The number of nitrogens with one attached hydrogen (secondary N) is 1. The van der Waals surface area contributed by atoms with Gasteiger partial charge in [0, 0.05) is 36.1 Å². The number of imidazole rings is 1. The van der Waals surface area contributed by atoms with Crippen molar-refractivity contribution in [2.24, 2.45) is 0 Å². The van der Waals surface area contributed by atoms with Crippen LogP contribution in [0, 0.1) is 0 Å². The van der Waals surface area contributed by atoms with Crippen LogP contribution in [0.15, 0.2) is 79.0 Å². The molecule has 0 fully saturated rings. The summed E-state index contributed by atoms with van der Waals surface area (Å²) < 4.78 is 17.7. The highest BCUT2D eigenvalue weighted by molar-refractivity contribution is 5.99. The molecule has 41 heavy (non-hydrogen) atoms. The van der Waals surface area contributed by atoms with Crippen molar-refractivity contribution in [2.75, 3.05) is 60.4 Å². The lowest BCUT2D eigenvalue weighted by Gasteiger charge is -2.24. The van der Waals surface area contributed by atoms with Gasteiger partial charge in [-0.2, -0.15) is 0 Å². The topological polar surface area (TPSA) is 98.2 Å². The molecule has 4 aromatic rings. The van der Waals surface area contributed by atoms with Gasteiger partial charge in [0.2, 0.25) is 11.9 Å². The second-order valence-electron chi connectivity index (χ2n) is 9.56. The van der Waals surface area contributed by atoms with Crippen molar-refractivity contribution in [3.8, 4) is 34.2 Å². The first kappa shape index (κ1) is 29.2. The zero-order chi connectivity index (χ0) is 29.4. The number of rotatable bonds is 12. The van der Waals surface area contributed by atoms with Gasteiger partial charge in [-0.25, -0.2) is 4.98 Å². The molecule has 4 rings (SSSR count). The first-order valence-electron chi connectivity index (χ1n) is 13.1. The monoisotopic (exact) mass is 557 g/mol. The van der Waals surface area contributed by atoms with E-state index in [9.17, 15) is 9.59 Å². The third kappa shape index (κ3) is 7.43. The zero-order valence-corrected chi connectivity index (χ0v) is 24.0. The van der Waals surface area contributed by atoms with Crippen molar-refractivity contribution >= 4 is 17.8 Å². The molecule has 0 unspecified atom stereocenters.